The number of hydrogen-bond donors (Lipinski definition) is 1. The van der Waals surface area contributed by atoms with E-state index in [1.54, 1.807) is 24.3 Å². The highest BCUT2D eigenvalue weighted by Crippen LogP contribution is 2.45. The minimum absolute atomic E-state index is 0.255. The Labute approximate surface area is 198 Å². The van der Waals surface area contributed by atoms with Gasteiger partial charge in [-0.3, -0.25) is 5.01 Å². The molecule has 2 aliphatic rings. The van der Waals surface area contributed by atoms with Gasteiger partial charge in [-0.25, -0.2) is 4.98 Å². The van der Waals surface area contributed by atoms with Gasteiger partial charge < -0.3 is 10.2 Å². The average Bonchev–Trinajstić information content (AvgIpc) is 3.47. The van der Waals surface area contributed by atoms with Gasteiger partial charge in [0.05, 0.1) is 10.7 Å². The highest BCUT2D eigenvalue weighted by Gasteiger charge is 2.45. The normalized spacial score (nSPS) is 18.9. The molecule has 10 heteroatoms. The molecule has 3 aromatic rings. The predicted octanol–water partition coefficient (Wildman–Crippen LogP) is 5.68. The Morgan fingerprint density at radius 3 is 2.52 bits per heavy atom. The van der Waals surface area contributed by atoms with Gasteiger partial charge in [-0.05, 0) is 42.5 Å². The van der Waals surface area contributed by atoms with E-state index in [0.29, 0.717) is 5.69 Å². The van der Waals surface area contributed by atoms with Crippen LogP contribution in [0, 0.1) is 0 Å². The van der Waals surface area contributed by atoms with Gasteiger partial charge in [-0.1, -0.05) is 23.7 Å². The molecule has 5 nitrogen and oxygen atoms in total. The number of thiophene rings is 1. The zero-order valence-electron chi connectivity index (χ0n) is 17.5. The number of anilines is 2. The molecule has 0 aliphatic carbocycles. The van der Waals surface area contributed by atoms with Crippen LogP contribution in [-0.2, 0) is 0 Å². The molecule has 0 saturated carbocycles. The number of rotatable bonds is 4. The molecule has 0 amide bonds. The zero-order chi connectivity index (χ0) is 23.0. The second kappa shape index (κ2) is 8.89. The number of piperazine rings is 1. The molecule has 1 aromatic carbocycles. The molecule has 2 aliphatic heterocycles. The number of benzene rings is 1. The standard InChI is InChI=1S/C23H21ClF3N5S/c24-17-3-1-2-4-18(17)32-19(9-12-31(32)23(25,26)27)21-7-6-20(33-21)16-5-8-22(29-15-16)30-13-10-28-11-14-30/h1-9,12,15,19,28H,10-11,13-14H2. The van der Waals surface area contributed by atoms with E-state index in [-0.39, 0.29) is 10.0 Å². The van der Waals surface area contributed by atoms with Crippen LogP contribution in [0.4, 0.5) is 24.7 Å². The Hall–Kier alpha value is -2.75. The summed E-state index contributed by atoms with van der Waals surface area (Å²) >= 11 is 7.72. The topological polar surface area (TPSA) is 34.6 Å². The number of halogens is 4. The fraction of sp³-hybridized carbons (Fsp3) is 0.261. The molecule has 1 atom stereocenters. The van der Waals surface area contributed by atoms with E-state index in [0.717, 1.165) is 53.5 Å². The summed E-state index contributed by atoms with van der Waals surface area (Å²) in [6.45, 7) is 3.70. The number of nitrogens with zero attached hydrogens (tertiary/aromatic N) is 4. The molecule has 33 heavy (non-hydrogen) atoms. The van der Waals surface area contributed by atoms with Crippen molar-refractivity contribution in [1.82, 2.24) is 15.3 Å². The maximum absolute atomic E-state index is 13.8. The van der Waals surface area contributed by atoms with Crippen molar-refractivity contribution in [1.29, 1.82) is 0 Å². The van der Waals surface area contributed by atoms with Crippen molar-refractivity contribution in [3.63, 3.8) is 0 Å². The first kappa shape index (κ1) is 22.1. The Morgan fingerprint density at radius 1 is 1.03 bits per heavy atom. The van der Waals surface area contributed by atoms with Crippen molar-refractivity contribution in [2.24, 2.45) is 0 Å². The molecule has 4 heterocycles. The van der Waals surface area contributed by atoms with Gasteiger partial charge >= 0.3 is 6.30 Å². The van der Waals surface area contributed by atoms with Crippen LogP contribution >= 0.6 is 22.9 Å². The summed E-state index contributed by atoms with van der Waals surface area (Å²) in [5.41, 5.74) is 1.23. The van der Waals surface area contributed by atoms with Crippen molar-refractivity contribution in [3.05, 3.63) is 76.9 Å². The van der Waals surface area contributed by atoms with Gasteiger partial charge in [0.15, 0.2) is 0 Å². The molecule has 1 unspecified atom stereocenters. The molecular formula is C23H21ClF3N5S. The number of pyridine rings is 1. The van der Waals surface area contributed by atoms with Crippen LogP contribution in [0.1, 0.15) is 10.9 Å². The fourth-order valence-corrected chi connectivity index (χ4v) is 5.34. The van der Waals surface area contributed by atoms with Crippen LogP contribution in [0.15, 0.2) is 67.0 Å². The molecule has 1 N–H and O–H groups in total. The first-order chi connectivity index (χ1) is 15.9. The maximum atomic E-state index is 13.8. The van der Waals surface area contributed by atoms with Crippen molar-refractivity contribution >= 4 is 34.4 Å². The van der Waals surface area contributed by atoms with E-state index < -0.39 is 12.3 Å². The largest absolute Gasteiger partial charge is 0.502 e. The molecule has 0 radical (unpaired) electrons. The van der Waals surface area contributed by atoms with Gasteiger partial charge in [0, 0.05) is 53.9 Å². The van der Waals surface area contributed by atoms with Gasteiger partial charge in [-0.2, -0.15) is 5.01 Å². The Kier molecular flexibility index (Phi) is 5.94. The number of hydrazine groups is 1. The van der Waals surface area contributed by atoms with Gasteiger partial charge in [-0.15, -0.1) is 24.5 Å². The van der Waals surface area contributed by atoms with Crippen LogP contribution < -0.4 is 15.2 Å². The summed E-state index contributed by atoms with van der Waals surface area (Å²) < 4.78 is 41.3. The predicted molar refractivity (Wildman–Crippen MR) is 126 cm³/mol. The third-order valence-corrected chi connectivity index (χ3v) is 7.18. The van der Waals surface area contributed by atoms with Crippen molar-refractivity contribution in [2.45, 2.75) is 12.3 Å². The van der Waals surface area contributed by atoms with Crippen LogP contribution in [0.2, 0.25) is 5.02 Å². The first-order valence-corrected chi connectivity index (χ1v) is 11.7. The zero-order valence-corrected chi connectivity index (χ0v) is 19.0. The third-order valence-electron chi connectivity index (χ3n) is 5.66. The highest BCUT2D eigenvalue weighted by atomic mass is 35.5. The van der Waals surface area contributed by atoms with E-state index >= 15 is 0 Å². The van der Waals surface area contributed by atoms with Crippen molar-refractivity contribution < 1.29 is 13.2 Å². The van der Waals surface area contributed by atoms with E-state index in [2.05, 4.69) is 15.2 Å². The second-order valence-corrected chi connectivity index (χ2v) is 9.26. The molecule has 0 bridgehead atoms. The summed E-state index contributed by atoms with van der Waals surface area (Å²) in [7, 11) is 0. The van der Waals surface area contributed by atoms with Crippen molar-refractivity contribution in [3.8, 4) is 10.4 Å². The van der Waals surface area contributed by atoms with Crippen molar-refractivity contribution in [2.75, 3.05) is 36.1 Å². The summed E-state index contributed by atoms with van der Waals surface area (Å²) in [6, 6.07) is 13.7. The smallest absolute Gasteiger partial charge is 0.354 e. The Morgan fingerprint density at radius 2 is 1.82 bits per heavy atom. The molecule has 5 rings (SSSR count). The molecular weight excluding hydrogens is 471 g/mol. The molecule has 2 aromatic heterocycles. The lowest BCUT2D eigenvalue weighted by molar-refractivity contribution is -0.229. The summed E-state index contributed by atoms with van der Waals surface area (Å²) in [6.07, 6.45) is -0.158. The Balaban J connectivity index is 1.42. The molecule has 172 valence electrons. The SMILES string of the molecule is FC(F)(F)N1C=CC(c2ccc(-c3ccc(N4CCNCC4)nc3)s2)N1c1ccccc1Cl. The third kappa shape index (κ3) is 4.40. The highest BCUT2D eigenvalue weighted by molar-refractivity contribution is 7.15. The molecule has 1 saturated heterocycles. The minimum atomic E-state index is -4.58. The van der Waals surface area contributed by atoms with E-state index in [1.807, 2.05) is 30.5 Å². The second-order valence-electron chi connectivity index (χ2n) is 7.74. The van der Waals surface area contributed by atoms with Gasteiger partial charge in [0.25, 0.3) is 0 Å². The summed E-state index contributed by atoms with van der Waals surface area (Å²) in [5, 5.41) is 5.04. The number of alkyl halides is 3. The van der Waals surface area contributed by atoms with E-state index in [4.69, 9.17) is 11.6 Å². The lowest BCUT2D eigenvalue weighted by Crippen LogP contribution is -2.45. The fourth-order valence-electron chi connectivity index (χ4n) is 4.06. The number of aromatic nitrogens is 1. The lowest BCUT2D eigenvalue weighted by atomic mass is 10.2. The van der Waals surface area contributed by atoms with Crippen LogP contribution in [0.3, 0.4) is 0 Å². The number of hydrogen-bond acceptors (Lipinski definition) is 6. The quantitative estimate of drug-likeness (QED) is 0.475. The van der Waals surface area contributed by atoms with E-state index in [9.17, 15) is 13.2 Å². The lowest BCUT2D eigenvalue weighted by Gasteiger charge is -2.36. The average molecular weight is 492 g/mol. The number of nitrogens with one attached hydrogen (secondary N) is 1. The van der Waals surface area contributed by atoms with Gasteiger partial charge in [0.1, 0.15) is 11.9 Å². The van der Waals surface area contributed by atoms with E-state index in [1.165, 1.54) is 22.4 Å². The monoisotopic (exact) mass is 491 g/mol. The molecule has 0 spiro atoms. The molecule has 1 fully saturated rings. The summed E-state index contributed by atoms with van der Waals surface area (Å²) in [4.78, 5) is 8.57. The minimum Gasteiger partial charge on any atom is -0.354 e. The maximum Gasteiger partial charge on any atom is 0.502 e. The van der Waals surface area contributed by atoms with Gasteiger partial charge in [0.2, 0.25) is 0 Å². The van der Waals surface area contributed by atoms with Crippen LogP contribution in [0.5, 0.6) is 0 Å². The van der Waals surface area contributed by atoms with Crippen LogP contribution in [-0.4, -0.2) is 42.5 Å². The Bertz CT molecular complexity index is 1140. The summed E-state index contributed by atoms with van der Waals surface area (Å²) in [5.74, 6) is 0.932. The number of para-hydroxylation sites is 1. The first-order valence-electron chi connectivity index (χ1n) is 10.5. The van der Waals surface area contributed by atoms with Crippen LogP contribution in [0.25, 0.3) is 10.4 Å².